The molecule has 1 saturated heterocycles. The Hall–Kier alpha value is -4.34. The molecule has 0 radical (unpaired) electrons. The first-order chi connectivity index (χ1) is 21.1. The highest BCUT2D eigenvalue weighted by Gasteiger charge is 2.31. The number of para-hydroxylation sites is 1. The van der Waals surface area contributed by atoms with Crippen LogP contribution in [0.3, 0.4) is 0 Å². The summed E-state index contributed by atoms with van der Waals surface area (Å²) < 4.78 is 42.7. The molecule has 0 bridgehead atoms. The van der Waals surface area contributed by atoms with Crippen molar-refractivity contribution in [2.75, 3.05) is 23.9 Å². The minimum absolute atomic E-state index is 0.312. The Morgan fingerprint density at radius 3 is 2.45 bits per heavy atom. The van der Waals surface area contributed by atoms with E-state index in [-0.39, 0.29) is 11.7 Å². The monoisotopic (exact) mass is 619 g/mol. The van der Waals surface area contributed by atoms with Gasteiger partial charge in [-0.3, -0.25) is 5.32 Å². The zero-order valence-electron chi connectivity index (χ0n) is 24.5. The first-order valence-electron chi connectivity index (χ1n) is 14.1. The van der Waals surface area contributed by atoms with Gasteiger partial charge >= 0.3 is 6.36 Å². The number of hydrogen-bond acceptors (Lipinski definition) is 7. The van der Waals surface area contributed by atoms with Gasteiger partial charge in [0.25, 0.3) is 0 Å². The van der Waals surface area contributed by atoms with Crippen molar-refractivity contribution in [3.8, 4) is 28.9 Å². The smallest absolute Gasteiger partial charge is 0.406 e. The minimum Gasteiger partial charge on any atom is -0.406 e. The Labute approximate surface area is 258 Å². The molecule has 0 amide bonds. The van der Waals surface area contributed by atoms with E-state index in [9.17, 15) is 18.4 Å². The molecule has 1 fully saturated rings. The van der Waals surface area contributed by atoms with Crippen LogP contribution in [0.5, 0.6) is 5.75 Å². The summed E-state index contributed by atoms with van der Waals surface area (Å²) >= 11 is 1.76. The van der Waals surface area contributed by atoms with Gasteiger partial charge in [-0.15, -0.1) is 18.3 Å². The topological polar surface area (TPSA) is 91.4 Å². The summed E-state index contributed by atoms with van der Waals surface area (Å²) in [7, 11) is 0. The molecule has 8 nitrogen and oxygen atoms in total. The molecule has 0 saturated carbocycles. The minimum atomic E-state index is -4.75. The molecule has 44 heavy (non-hydrogen) atoms. The number of anilines is 1. The number of nitriles is 1. The number of thioether (sulfide) groups is 1. The van der Waals surface area contributed by atoms with E-state index in [4.69, 9.17) is 4.99 Å². The van der Waals surface area contributed by atoms with Crippen molar-refractivity contribution in [3.63, 3.8) is 0 Å². The van der Waals surface area contributed by atoms with Gasteiger partial charge in [0.1, 0.15) is 12.1 Å². The molecule has 2 atom stereocenters. The van der Waals surface area contributed by atoms with Crippen molar-refractivity contribution in [3.05, 3.63) is 89.7 Å². The van der Waals surface area contributed by atoms with Crippen LogP contribution in [-0.2, 0) is 0 Å². The summed E-state index contributed by atoms with van der Waals surface area (Å²) in [5.74, 6) is 0.778. The molecule has 2 heterocycles. The first-order valence-corrected chi connectivity index (χ1v) is 15.1. The third kappa shape index (κ3) is 7.41. The number of benzene rings is 3. The Kier molecular flexibility index (Phi) is 9.56. The number of alkyl halides is 3. The number of hydrogen-bond donors (Lipinski definition) is 1. The van der Waals surface area contributed by atoms with Crippen LogP contribution >= 0.6 is 11.8 Å². The van der Waals surface area contributed by atoms with E-state index < -0.39 is 6.36 Å². The van der Waals surface area contributed by atoms with Gasteiger partial charge in [0.2, 0.25) is 0 Å². The van der Waals surface area contributed by atoms with Crippen molar-refractivity contribution < 1.29 is 17.9 Å². The Balaban J connectivity index is 1.20. The Morgan fingerprint density at radius 1 is 1.09 bits per heavy atom. The largest absolute Gasteiger partial charge is 0.573 e. The van der Waals surface area contributed by atoms with Crippen molar-refractivity contribution in [2.45, 2.75) is 45.5 Å². The quantitative estimate of drug-likeness (QED) is 0.202. The second kappa shape index (κ2) is 13.5. The summed E-state index contributed by atoms with van der Waals surface area (Å²) in [4.78, 5) is 11.6. The zero-order chi connectivity index (χ0) is 31.3. The maximum atomic E-state index is 12.4. The second-order valence-corrected chi connectivity index (χ2v) is 11.6. The number of ether oxygens (including phenoxy) is 1. The predicted molar refractivity (Wildman–Crippen MR) is 167 cm³/mol. The lowest BCUT2D eigenvalue weighted by molar-refractivity contribution is -0.274. The van der Waals surface area contributed by atoms with E-state index in [0.29, 0.717) is 30.8 Å². The fourth-order valence-corrected chi connectivity index (χ4v) is 6.29. The highest BCUT2D eigenvalue weighted by Crippen LogP contribution is 2.34. The average Bonchev–Trinajstić information content (AvgIpc) is 3.48. The molecule has 1 aliphatic heterocycles. The van der Waals surface area contributed by atoms with E-state index in [1.54, 1.807) is 11.8 Å². The second-order valence-electron chi connectivity index (χ2n) is 10.5. The molecule has 0 aliphatic carbocycles. The van der Waals surface area contributed by atoms with Gasteiger partial charge < -0.3 is 9.64 Å². The van der Waals surface area contributed by atoms with Gasteiger partial charge in [-0.25, -0.2) is 14.7 Å². The van der Waals surface area contributed by atoms with Crippen LogP contribution in [0.15, 0.2) is 78.0 Å². The van der Waals surface area contributed by atoms with Gasteiger partial charge in [-0.2, -0.15) is 5.26 Å². The average molecular weight is 620 g/mol. The fraction of sp³-hybridized carbons (Fsp3) is 0.312. The number of halogens is 3. The first kappa shape index (κ1) is 31.1. The lowest BCUT2D eigenvalue weighted by Crippen LogP contribution is -2.42. The van der Waals surface area contributed by atoms with E-state index in [2.05, 4.69) is 70.1 Å². The molecule has 0 spiro atoms. The highest BCUT2D eigenvalue weighted by atomic mass is 32.2. The van der Waals surface area contributed by atoms with Gasteiger partial charge in [0.05, 0.1) is 24.3 Å². The SMILES string of the molecule is Cc1cccc(C)c1N1/C(=N/CNCC(C#N)c2ccc(-c3ncn(-c4ccc(OC(F)(F)F)cc4)n3)cc2)SCCC1C. The van der Waals surface area contributed by atoms with Crippen LogP contribution in [0.2, 0.25) is 0 Å². The highest BCUT2D eigenvalue weighted by molar-refractivity contribution is 8.14. The summed E-state index contributed by atoms with van der Waals surface area (Å²) in [6.45, 7) is 7.34. The molecular formula is C32H32F3N7OS. The third-order valence-corrected chi connectivity index (χ3v) is 8.35. The molecule has 5 rings (SSSR count). The molecule has 1 aliphatic rings. The predicted octanol–water partition coefficient (Wildman–Crippen LogP) is 6.99. The van der Waals surface area contributed by atoms with E-state index in [0.717, 1.165) is 28.5 Å². The van der Waals surface area contributed by atoms with Crippen LogP contribution in [0.4, 0.5) is 18.9 Å². The number of aryl methyl sites for hydroxylation is 2. The molecule has 3 aromatic carbocycles. The van der Waals surface area contributed by atoms with Crippen molar-refractivity contribution >= 4 is 22.6 Å². The number of aromatic nitrogens is 3. The van der Waals surface area contributed by atoms with Crippen LogP contribution in [0.1, 0.15) is 36.0 Å². The summed E-state index contributed by atoms with van der Waals surface area (Å²) in [6.07, 6.45) is -2.18. The molecule has 2 unspecified atom stereocenters. The molecular weight excluding hydrogens is 587 g/mol. The number of amidine groups is 1. The Bertz CT molecular complexity index is 1630. The van der Waals surface area contributed by atoms with Gasteiger partial charge in [0, 0.05) is 29.6 Å². The van der Waals surface area contributed by atoms with Crippen LogP contribution in [0, 0.1) is 25.2 Å². The number of nitrogens with zero attached hydrogens (tertiary/aromatic N) is 6. The molecule has 1 N–H and O–H groups in total. The molecule has 4 aromatic rings. The number of nitrogens with one attached hydrogen (secondary N) is 1. The van der Waals surface area contributed by atoms with Crippen molar-refractivity contribution in [2.24, 2.45) is 4.99 Å². The lowest BCUT2D eigenvalue weighted by Gasteiger charge is -2.37. The van der Waals surface area contributed by atoms with Crippen LogP contribution in [0.25, 0.3) is 17.1 Å². The molecule has 12 heteroatoms. The number of rotatable bonds is 9. The summed E-state index contributed by atoms with van der Waals surface area (Å²) in [5.41, 5.74) is 5.80. The van der Waals surface area contributed by atoms with Gasteiger partial charge in [-0.1, -0.05) is 54.2 Å². The standard InChI is InChI=1S/C32H32F3N7OS/c1-21-5-4-6-22(2)29(21)42-23(3)15-16-44-31(42)38-19-37-18-26(17-36)24-7-9-25(10-8-24)30-39-20-41(40-30)27-11-13-28(14-12-27)43-32(33,34)35/h4-14,20,23,26,37H,15-16,18-19H2,1-3H3/b38-31-. The summed E-state index contributed by atoms with van der Waals surface area (Å²) in [6, 6.07) is 21.9. The van der Waals surface area contributed by atoms with Gasteiger partial charge in [0.15, 0.2) is 11.0 Å². The third-order valence-electron chi connectivity index (χ3n) is 7.32. The van der Waals surface area contributed by atoms with E-state index >= 15 is 0 Å². The van der Waals surface area contributed by atoms with E-state index in [1.807, 2.05) is 24.3 Å². The van der Waals surface area contributed by atoms with Crippen molar-refractivity contribution in [1.29, 1.82) is 5.26 Å². The van der Waals surface area contributed by atoms with Crippen LogP contribution < -0.4 is 15.0 Å². The van der Waals surface area contributed by atoms with Crippen molar-refractivity contribution in [1.82, 2.24) is 20.1 Å². The maximum Gasteiger partial charge on any atom is 0.573 e. The van der Waals surface area contributed by atoms with Crippen LogP contribution in [-0.4, -0.2) is 51.3 Å². The molecule has 1 aromatic heterocycles. The Morgan fingerprint density at radius 2 is 1.80 bits per heavy atom. The lowest BCUT2D eigenvalue weighted by atomic mass is 9.99. The molecule has 228 valence electrons. The summed E-state index contributed by atoms with van der Waals surface area (Å²) in [5, 5.41) is 18.6. The van der Waals surface area contributed by atoms with E-state index in [1.165, 1.54) is 52.1 Å². The maximum absolute atomic E-state index is 12.4. The number of aliphatic imine (C=N–C) groups is 1. The van der Waals surface area contributed by atoms with Gasteiger partial charge in [-0.05, 0) is 68.1 Å². The fourth-order valence-electron chi connectivity index (χ4n) is 5.09. The normalized spacial score (nSPS) is 17.0. The zero-order valence-corrected chi connectivity index (χ0v) is 25.4.